The Labute approximate surface area is 144 Å². The highest BCUT2D eigenvalue weighted by molar-refractivity contribution is 7.11. The van der Waals surface area contributed by atoms with Crippen molar-refractivity contribution in [1.29, 1.82) is 0 Å². The quantitative estimate of drug-likeness (QED) is 0.925. The van der Waals surface area contributed by atoms with Gasteiger partial charge in [-0.05, 0) is 38.8 Å². The number of aromatic carboxylic acids is 1. The number of hydrogen-bond acceptors (Lipinski definition) is 5. The molecule has 0 bridgehead atoms. The lowest BCUT2D eigenvalue weighted by molar-refractivity contribution is 0.0696. The van der Waals surface area contributed by atoms with E-state index in [1.807, 2.05) is 6.92 Å². The lowest BCUT2D eigenvalue weighted by Gasteiger charge is -2.31. The molecule has 6 nitrogen and oxygen atoms in total. The molecular weight excluding hydrogens is 326 g/mol. The smallest absolute Gasteiger partial charge is 0.335 e. The van der Waals surface area contributed by atoms with E-state index in [0.717, 1.165) is 23.5 Å². The van der Waals surface area contributed by atoms with Crippen LogP contribution in [0.5, 0.6) is 0 Å². The molecule has 1 fully saturated rings. The Morgan fingerprint density at radius 3 is 2.83 bits per heavy atom. The predicted octanol–water partition coefficient (Wildman–Crippen LogP) is 2.87. The summed E-state index contributed by atoms with van der Waals surface area (Å²) >= 11 is 1.69. The summed E-state index contributed by atoms with van der Waals surface area (Å²) in [6.07, 6.45) is 3.29. The van der Waals surface area contributed by atoms with E-state index in [4.69, 9.17) is 5.11 Å². The minimum Gasteiger partial charge on any atom is -0.478 e. The van der Waals surface area contributed by atoms with Gasteiger partial charge in [0.2, 0.25) is 0 Å². The Kier molecular flexibility index (Phi) is 4.62. The van der Waals surface area contributed by atoms with Gasteiger partial charge in [-0.3, -0.25) is 9.78 Å². The van der Waals surface area contributed by atoms with Gasteiger partial charge in [-0.2, -0.15) is 0 Å². The molecule has 1 unspecified atom stereocenters. The number of carboxylic acid groups (broad SMARTS) is 1. The van der Waals surface area contributed by atoms with Crippen molar-refractivity contribution in [3.63, 3.8) is 0 Å². The number of thiazole rings is 1. The van der Waals surface area contributed by atoms with Gasteiger partial charge in [0, 0.05) is 30.1 Å². The number of carbonyl (C=O) groups is 2. The third kappa shape index (κ3) is 3.31. The standard InChI is InChI=1S/C17H19N3O3S/c1-10-11(2)24-15(19-10)13-4-3-7-20(9-13)16(21)14-8-12(17(22)23)5-6-18-14/h5-6,8,13H,3-4,7,9H2,1-2H3,(H,22,23). The highest BCUT2D eigenvalue weighted by Gasteiger charge is 2.28. The number of rotatable bonds is 3. The molecule has 7 heteroatoms. The van der Waals surface area contributed by atoms with Gasteiger partial charge in [0.25, 0.3) is 5.91 Å². The average molecular weight is 345 g/mol. The van der Waals surface area contributed by atoms with Gasteiger partial charge in [-0.25, -0.2) is 9.78 Å². The van der Waals surface area contributed by atoms with Crippen LogP contribution >= 0.6 is 11.3 Å². The van der Waals surface area contributed by atoms with Crippen LogP contribution in [-0.4, -0.2) is 44.9 Å². The molecule has 24 heavy (non-hydrogen) atoms. The van der Waals surface area contributed by atoms with Crippen LogP contribution in [0, 0.1) is 13.8 Å². The average Bonchev–Trinajstić information content (AvgIpc) is 2.93. The molecule has 0 aliphatic carbocycles. The van der Waals surface area contributed by atoms with Crippen molar-refractivity contribution in [2.24, 2.45) is 0 Å². The number of hydrogen-bond donors (Lipinski definition) is 1. The molecule has 0 radical (unpaired) electrons. The molecule has 3 rings (SSSR count). The van der Waals surface area contributed by atoms with Gasteiger partial charge in [0.1, 0.15) is 5.69 Å². The first-order valence-corrected chi connectivity index (χ1v) is 8.70. The molecule has 1 amide bonds. The van der Waals surface area contributed by atoms with Crippen LogP contribution in [0.1, 0.15) is 55.2 Å². The fourth-order valence-electron chi connectivity index (χ4n) is 2.88. The number of aromatic nitrogens is 2. The molecule has 0 saturated carbocycles. The van der Waals surface area contributed by atoms with Gasteiger partial charge >= 0.3 is 5.97 Å². The summed E-state index contributed by atoms with van der Waals surface area (Å²) in [5.74, 6) is -1.03. The first-order valence-electron chi connectivity index (χ1n) is 7.88. The minimum atomic E-state index is -1.06. The van der Waals surface area contributed by atoms with Crippen LogP contribution in [0.25, 0.3) is 0 Å². The molecule has 1 N–H and O–H groups in total. The second kappa shape index (κ2) is 6.68. The Balaban J connectivity index is 1.78. The van der Waals surface area contributed by atoms with E-state index in [1.54, 1.807) is 16.2 Å². The number of pyridine rings is 1. The normalized spacial score (nSPS) is 17.8. The lowest BCUT2D eigenvalue weighted by atomic mass is 9.98. The van der Waals surface area contributed by atoms with Crippen LogP contribution in [0.4, 0.5) is 0 Å². The van der Waals surface area contributed by atoms with Gasteiger partial charge in [0.15, 0.2) is 0 Å². The van der Waals surface area contributed by atoms with Crippen LogP contribution in [-0.2, 0) is 0 Å². The first-order chi connectivity index (χ1) is 11.5. The number of likely N-dealkylation sites (tertiary alicyclic amines) is 1. The van der Waals surface area contributed by atoms with Crippen LogP contribution in [0.2, 0.25) is 0 Å². The molecule has 2 aromatic rings. The molecule has 2 aromatic heterocycles. The zero-order chi connectivity index (χ0) is 17.3. The zero-order valence-corrected chi connectivity index (χ0v) is 14.5. The monoisotopic (exact) mass is 345 g/mol. The molecule has 1 aliphatic rings. The van der Waals surface area contributed by atoms with E-state index in [0.29, 0.717) is 13.1 Å². The number of nitrogens with zero attached hydrogens (tertiary/aromatic N) is 3. The van der Waals surface area contributed by atoms with Crippen molar-refractivity contribution >= 4 is 23.2 Å². The third-order valence-corrected chi connectivity index (χ3v) is 5.56. The predicted molar refractivity (Wildman–Crippen MR) is 90.7 cm³/mol. The molecule has 1 atom stereocenters. The topological polar surface area (TPSA) is 83.4 Å². The Bertz CT molecular complexity index is 768. The summed E-state index contributed by atoms with van der Waals surface area (Å²) in [7, 11) is 0. The maximum absolute atomic E-state index is 12.7. The molecule has 0 spiro atoms. The van der Waals surface area contributed by atoms with Crippen molar-refractivity contribution in [1.82, 2.24) is 14.9 Å². The molecular formula is C17H19N3O3S. The number of amides is 1. The fourth-order valence-corrected chi connectivity index (χ4v) is 3.93. The molecule has 1 aliphatic heterocycles. The lowest BCUT2D eigenvalue weighted by Crippen LogP contribution is -2.39. The van der Waals surface area contributed by atoms with Gasteiger partial charge in [-0.15, -0.1) is 11.3 Å². The SMILES string of the molecule is Cc1nc(C2CCCN(C(=O)c3cc(C(=O)O)ccn3)C2)sc1C. The van der Waals surface area contributed by atoms with E-state index < -0.39 is 5.97 Å². The van der Waals surface area contributed by atoms with Crippen LogP contribution < -0.4 is 0 Å². The summed E-state index contributed by atoms with van der Waals surface area (Å²) in [4.78, 5) is 35.4. The Morgan fingerprint density at radius 1 is 1.38 bits per heavy atom. The van der Waals surface area contributed by atoms with E-state index in [9.17, 15) is 9.59 Å². The summed E-state index contributed by atoms with van der Waals surface area (Å²) in [5, 5.41) is 10.1. The van der Waals surface area contributed by atoms with E-state index >= 15 is 0 Å². The maximum atomic E-state index is 12.7. The summed E-state index contributed by atoms with van der Waals surface area (Å²) < 4.78 is 0. The molecule has 3 heterocycles. The highest BCUT2D eigenvalue weighted by atomic mass is 32.1. The third-order valence-electron chi connectivity index (χ3n) is 4.33. The Hall–Kier alpha value is -2.28. The first kappa shape index (κ1) is 16.6. The summed E-state index contributed by atoms with van der Waals surface area (Å²) in [6, 6.07) is 2.73. The highest BCUT2D eigenvalue weighted by Crippen LogP contribution is 2.31. The van der Waals surface area contributed by atoms with Crippen molar-refractivity contribution < 1.29 is 14.7 Å². The van der Waals surface area contributed by atoms with Crippen molar-refractivity contribution in [3.8, 4) is 0 Å². The maximum Gasteiger partial charge on any atom is 0.335 e. The Morgan fingerprint density at radius 2 is 2.17 bits per heavy atom. The fraction of sp³-hybridized carbons (Fsp3) is 0.412. The summed E-state index contributed by atoms with van der Waals surface area (Å²) in [5.41, 5.74) is 1.31. The number of aryl methyl sites for hydroxylation is 2. The van der Waals surface area contributed by atoms with Crippen LogP contribution in [0.3, 0.4) is 0 Å². The molecule has 126 valence electrons. The van der Waals surface area contributed by atoms with Gasteiger partial charge in [-0.1, -0.05) is 0 Å². The van der Waals surface area contributed by atoms with Crippen LogP contribution in [0.15, 0.2) is 18.3 Å². The zero-order valence-electron chi connectivity index (χ0n) is 13.7. The summed E-state index contributed by atoms with van der Waals surface area (Å²) in [6.45, 7) is 5.33. The molecule has 0 aromatic carbocycles. The number of piperidine rings is 1. The second-order valence-corrected chi connectivity index (χ2v) is 7.25. The van der Waals surface area contributed by atoms with Crippen molar-refractivity contribution in [2.75, 3.05) is 13.1 Å². The number of carboxylic acids is 1. The largest absolute Gasteiger partial charge is 0.478 e. The minimum absolute atomic E-state index is 0.0769. The van der Waals surface area contributed by atoms with E-state index in [-0.39, 0.29) is 23.1 Å². The number of carbonyl (C=O) groups excluding carboxylic acids is 1. The molecule has 1 saturated heterocycles. The van der Waals surface area contributed by atoms with E-state index in [1.165, 1.54) is 23.2 Å². The van der Waals surface area contributed by atoms with E-state index in [2.05, 4.69) is 16.9 Å². The van der Waals surface area contributed by atoms with Gasteiger partial charge in [0.05, 0.1) is 16.3 Å². The second-order valence-electron chi connectivity index (χ2n) is 6.02. The van der Waals surface area contributed by atoms with Gasteiger partial charge < -0.3 is 10.0 Å². The van der Waals surface area contributed by atoms with Crippen molar-refractivity contribution in [2.45, 2.75) is 32.6 Å². The van der Waals surface area contributed by atoms with Crippen molar-refractivity contribution in [3.05, 3.63) is 45.2 Å².